The lowest BCUT2D eigenvalue weighted by Crippen LogP contribution is -2.61. The smallest absolute Gasteiger partial charge is 0.315 e. The van der Waals surface area contributed by atoms with Crippen LogP contribution in [0.25, 0.3) is 0 Å². The maximum absolute atomic E-state index is 14.7. The molecule has 1 heterocycles. The first kappa shape index (κ1) is 40.6. The van der Waals surface area contributed by atoms with Crippen LogP contribution in [0.1, 0.15) is 107 Å². The minimum atomic E-state index is -1.19. The van der Waals surface area contributed by atoms with Gasteiger partial charge in [-0.2, -0.15) is 0 Å². The molecule has 1 saturated heterocycles. The Hall–Kier alpha value is -4.17. The number of guanidine groups is 1. The van der Waals surface area contributed by atoms with Gasteiger partial charge in [-0.1, -0.05) is 72.5 Å². The van der Waals surface area contributed by atoms with Gasteiger partial charge in [0.1, 0.15) is 17.6 Å². The summed E-state index contributed by atoms with van der Waals surface area (Å²) in [4.78, 5) is 81.8. The van der Waals surface area contributed by atoms with E-state index in [0.717, 1.165) is 38.5 Å². The molecular weight excluding hydrogens is 666 g/mol. The van der Waals surface area contributed by atoms with Gasteiger partial charge in [0.05, 0.1) is 12.1 Å². The van der Waals surface area contributed by atoms with Crippen molar-refractivity contribution in [3.8, 4) is 0 Å². The number of nitrogens with zero attached hydrogens (tertiary/aromatic N) is 1. The first-order valence-electron chi connectivity index (χ1n) is 18.5. The van der Waals surface area contributed by atoms with Crippen molar-refractivity contribution < 1.29 is 28.8 Å². The van der Waals surface area contributed by atoms with Crippen LogP contribution in [0.3, 0.4) is 0 Å². The highest BCUT2D eigenvalue weighted by Crippen LogP contribution is 2.88. The molecule has 0 aromatic carbocycles. The number of primary amides is 1. The first-order valence-corrected chi connectivity index (χ1v) is 18.5. The molecule has 52 heavy (non-hydrogen) atoms. The lowest BCUT2D eigenvalue weighted by atomic mass is 9.73. The zero-order valence-electron chi connectivity index (χ0n) is 32.2. The van der Waals surface area contributed by atoms with Crippen LogP contribution in [0.5, 0.6) is 0 Å². The van der Waals surface area contributed by atoms with Crippen molar-refractivity contribution >= 4 is 41.4 Å². The van der Waals surface area contributed by atoms with Gasteiger partial charge >= 0.3 is 6.03 Å². The molecule has 5 atom stereocenters. The number of amides is 6. The molecule has 6 amide bonds. The van der Waals surface area contributed by atoms with Crippen molar-refractivity contribution in [1.82, 2.24) is 31.5 Å². The van der Waals surface area contributed by atoms with E-state index < -0.39 is 70.6 Å². The number of rotatable bonds is 14. The Kier molecular flexibility index (Phi) is 11.2. The van der Waals surface area contributed by atoms with E-state index in [4.69, 9.17) is 16.9 Å². The fraction of sp³-hybridized carbons (Fsp3) is 0.757. The molecule has 2 spiro atoms. The number of carbonyl (C=O) groups excluding carboxylic acids is 6. The minimum absolute atomic E-state index is 0.00237. The van der Waals surface area contributed by atoms with Crippen LogP contribution < -0.4 is 38.1 Å². The summed E-state index contributed by atoms with van der Waals surface area (Å²) in [6.07, 6.45) is 6.64. The number of Topliss-reactive ketones (excluding diaryl/α,β-unsaturated/α-hetero) is 1. The summed E-state index contributed by atoms with van der Waals surface area (Å²) < 4.78 is 0. The molecule has 0 radical (unpaired) electrons. The molecule has 0 bridgehead atoms. The summed E-state index contributed by atoms with van der Waals surface area (Å²) in [5.74, 6) is -3.49. The molecule has 10 N–H and O–H groups in total. The lowest BCUT2D eigenvalue weighted by molar-refractivity contribution is -0.143. The van der Waals surface area contributed by atoms with Gasteiger partial charge in [0.2, 0.25) is 23.5 Å². The van der Waals surface area contributed by atoms with E-state index in [1.165, 1.54) is 0 Å². The Morgan fingerprint density at radius 1 is 0.923 bits per heavy atom. The van der Waals surface area contributed by atoms with Crippen LogP contribution >= 0.6 is 0 Å². The third kappa shape index (κ3) is 7.50. The Morgan fingerprint density at radius 2 is 1.54 bits per heavy atom. The van der Waals surface area contributed by atoms with Crippen molar-refractivity contribution in [2.45, 2.75) is 136 Å². The second-order valence-corrected chi connectivity index (χ2v) is 17.8. The summed E-state index contributed by atoms with van der Waals surface area (Å²) in [5.41, 5.74) is 8.93. The molecule has 15 heteroatoms. The van der Waals surface area contributed by atoms with Crippen molar-refractivity contribution in [1.29, 1.82) is 5.41 Å². The van der Waals surface area contributed by atoms with Crippen molar-refractivity contribution in [2.24, 2.45) is 39.0 Å². The highest BCUT2D eigenvalue weighted by Gasteiger charge is 2.85. The number of fused-ring (bicyclic) bond motifs is 1. The molecule has 4 aliphatic rings. The van der Waals surface area contributed by atoms with Crippen molar-refractivity contribution in [3.63, 3.8) is 0 Å². The number of likely N-dealkylation sites (tertiary alicyclic amines) is 1. The van der Waals surface area contributed by atoms with Gasteiger partial charge in [0, 0.05) is 18.5 Å². The number of urea groups is 1. The van der Waals surface area contributed by atoms with E-state index in [2.05, 4.69) is 47.0 Å². The van der Waals surface area contributed by atoms with E-state index in [9.17, 15) is 28.8 Å². The minimum Gasteiger partial charge on any atom is -0.370 e. The van der Waals surface area contributed by atoms with Crippen LogP contribution in [0, 0.1) is 33.0 Å². The number of carbonyl (C=O) groups is 6. The lowest BCUT2D eigenvalue weighted by Gasteiger charge is -2.36. The maximum atomic E-state index is 14.7. The van der Waals surface area contributed by atoms with Crippen LogP contribution in [-0.2, 0) is 24.0 Å². The zero-order valence-corrected chi connectivity index (χ0v) is 32.2. The average Bonchev–Trinajstić information content (AvgIpc) is 3.20. The maximum Gasteiger partial charge on any atom is 0.315 e. The highest BCUT2D eigenvalue weighted by molar-refractivity contribution is 6.37. The summed E-state index contributed by atoms with van der Waals surface area (Å²) in [5, 5.41) is 21.3. The monoisotopic (exact) mass is 727 g/mol. The van der Waals surface area contributed by atoms with E-state index in [1.54, 1.807) is 25.7 Å². The summed E-state index contributed by atoms with van der Waals surface area (Å²) in [6, 6.07) is -4.42. The standard InChI is InChI=1S/C37H61N9O6/c1-20(2)23(18-41-30(51)34(6,7)45-31(39)40)43-32(52)44-26(33(3,4)5)29(50)46-19-37(35(8,9)36(37)14-11-15-36)17-24(46)28(49)42-22(25(47)27(38)48)16-21-12-10-13-21/h21-24,26H,1,10-19H2,2-9H3,(H2,38,48)(H,41,51)(H,42,49)(H4,39,40,45)(H2,43,44,52)/t22?,23-,24+,26-,37-/m1/s1. The highest BCUT2D eigenvalue weighted by atomic mass is 16.2. The Morgan fingerprint density at radius 3 is 1.98 bits per heavy atom. The molecule has 4 fully saturated rings. The predicted molar refractivity (Wildman–Crippen MR) is 196 cm³/mol. The topological polar surface area (TPSA) is 242 Å². The summed E-state index contributed by atoms with van der Waals surface area (Å²) in [6.45, 7) is 19.0. The molecule has 3 aliphatic carbocycles. The normalized spacial score (nSPS) is 24.7. The molecule has 3 saturated carbocycles. The Labute approximate surface area is 307 Å². The van der Waals surface area contributed by atoms with Gasteiger partial charge in [-0.15, -0.1) is 0 Å². The van der Waals surface area contributed by atoms with Crippen molar-refractivity contribution in [3.05, 3.63) is 12.2 Å². The fourth-order valence-corrected chi connectivity index (χ4v) is 9.10. The largest absolute Gasteiger partial charge is 0.370 e. The number of nitrogens with one attached hydrogen (secondary N) is 6. The van der Waals surface area contributed by atoms with Crippen molar-refractivity contribution in [2.75, 3.05) is 13.1 Å². The zero-order chi connectivity index (χ0) is 39.2. The van der Waals surface area contributed by atoms with Crippen LogP contribution in [0.4, 0.5) is 4.79 Å². The fourth-order valence-electron chi connectivity index (χ4n) is 9.10. The Balaban J connectivity index is 1.55. The van der Waals surface area contributed by atoms with Crippen LogP contribution in [0.2, 0.25) is 0 Å². The third-order valence-electron chi connectivity index (χ3n) is 12.8. The van der Waals surface area contributed by atoms with Gasteiger partial charge in [0.15, 0.2) is 5.96 Å². The first-order chi connectivity index (χ1) is 23.9. The number of hydrogen-bond acceptors (Lipinski definition) is 7. The second-order valence-electron chi connectivity index (χ2n) is 17.8. The van der Waals surface area contributed by atoms with Crippen LogP contribution in [0.15, 0.2) is 12.2 Å². The van der Waals surface area contributed by atoms with Gasteiger partial charge in [-0.25, -0.2) is 4.79 Å². The van der Waals surface area contributed by atoms with E-state index in [0.29, 0.717) is 25.0 Å². The molecular formula is C37H61N9O6. The molecule has 290 valence electrons. The molecule has 15 nitrogen and oxygen atoms in total. The average molecular weight is 728 g/mol. The SMILES string of the molecule is C=C(C)[C@@H](CNC(=O)C(C)(C)NC(=N)N)NC(=O)N[C@H](C(=O)N1C[C@]2(C[C@H]1C(=O)NC(CC1CCC1)C(=O)C(N)=O)C(C)(C)C21CCC1)C(C)(C)C. The molecule has 0 aromatic heterocycles. The van der Waals surface area contributed by atoms with E-state index in [-0.39, 0.29) is 34.7 Å². The molecule has 1 aliphatic heterocycles. The summed E-state index contributed by atoms with van der Waals surface area (Å²) >= 11 is 0. The van der Waals surface area contributed by atoms with Gasteiger partial charge < -0.3 is 43.0 Å². The van der Waals surface area contributed by atoms with E-state index >= 15 is 0 Å². The molecule has 0 aromatic rings. The number of ketones is 1. The predicted octanol–water partition coefficient (Wildman–Crippen LogP) is 1.55. The number of hydrogen-bond donors (Lipinski definition) is 8. The quantitative estimate of drug-likeness (QED) is 0.0564. The summed E-state index contributed by atoms with van der Waals surface area (Å²) in [7, 11) is 0. The van der Waals surface area contributed by atoms with Crippen LogP contribution in [-0.4, -0.2) is 89.1 Å². The van der Waals surface area contributed by atoms with Gasteiger partial charge in [-0.3, -0.25) is 29.4 Å². The second kappa shape index (κ2) is 14.3. The third-order valence-corrected chi connectivity index (χ3v) is 12.8. The molecule has 1 unspecified atom stereocenters. The molecule has 4 rings (SSSR count). The number of nitrogens with two attached hydrogens (primary N) is 2. The van der Waals surface area contributed by atoms with Gasteiger partial charge in [0.25, 0.3) is 5.91 Å². The van der Waals surface area contributed by atoms with E-state index in [1.807, 2.05) is 20.8 Å². The van der Waals surface area contributed by atoms with Gasteiger partial charge in [-0.05, 0) is 68.6 Å². The Bertz CT molecular complexity index is 1510.